The van der Waals surface area contributed by atoms with Gasteiger partial charge in [-0.15, -0.1) is 0 Å². The molecule has 0 unspecified atom stereocenters. The topological polar surface area (TPSA) is 110 Å². The number of carbonyl (C=O) groups excluding carboxylic acids is 2. The molecule has 2 bridgehead atoms. The predicted octanol–water partition coefficient (Wildman–Crippen LogP) is 1.42. The second-order valence-electron chi connectivity index (χ2n) is 8.59. The molecule has 5 rings (SSSR count). The Labute approximate surface area is 174 Å². The molecule has 5 heterocycles. The number of nitrogen functional groups attached to an aromatic ring is 1. The molecule has 3 aliphatic heterocycles. The van der Waals surface area contributed by atoms with E-state index in [-0.39, 0.29) is 35.4 Å². The summed E-state index contributed by atoms with van der Waals surface area (Å²) in [6.07, 6.45) is 5.18. The molecule has 3 N–H and O–H groups in total. The van der Waals surface area contributed by atoms with Crippen molar-refractivity contribution in [2.24, 2.45) is 11.8 Å². The van der Waals surface area contributed by atoms with Crippen molar-refractivity contribution in [1.29, 1.82) is 0 Å². The van der Waals surface area contributed by atoms with Crippen LogP contribution < -0.4 is 11.1 Å². The molecule has 0 aromatic carbocycles. The Morgan fingerprint density at radius 1 is 1.23 bits per heavy atom. The van der Waals surface area contributed by atoms with E-state index in [0.717, 1.165) is 18.5 Å². The maximum absolute atomic E-state index is 13.0. The van der Waals surface area contributed by atoms with Gasteiger partial charge in [-0.2, -0.15) is 0 Å². The van der Waals surface area contributed by atoms with Crippen LogP contribution in [0.4, 0.5) is 5.82 Å². The molecule has 3 saturated heterocycles. The minimum absolute atomic E-state index is 0.0492. The molecule has 4 atom stereocenters. The number of aromatic nitrogens is 2. The molecule has 3 fully saturated rings. The van der Waals surface area contributed by atoms with Gasteiger partial charge in [0.1, 0.15) is 5.82 Å². The summed E-state index contributed by atoms with van der Waals surface area (Å²) in [7, 11) is 0. The van der Waals surface area contributed by atoms with Crippen LogP contribution in [0.25, 0.3) is 0 Å². The number of nitrogens with zero attached hydrogens (tertiary/aromatic N) is 3. The predicted molar refractivity (Wildman–Crippen MR) is 110 cm³/mol. The van der Waals surface area contributed by atoms with Crippen molar-refractivity contribution in [3.05, 3.63) is 53.5 Å². The highest BCUT2D eigenvalue weighted by Crippen LogP contribution is 2.54. The molecule has 1 spiro atoms. The number of nitrogens with one attached hydrogen (secondary N) is 1. The number of carbonyl (C=O) groups is 2. The smallest absolute Gasteiger partial charge is 0.255 e. The molecule has 8 nitrogen and oxygen atoms in total. The van der Waals surface area contributed by atoms with Gasteiger partial charge in [0.2, 0.25) is 0 Å². The molecule has 156 valence electrons. The number of aryl methyl sites for hydroxylation is 1. The number of hydrogen-bond donors (Lipinski definition) is 2. The van der Waals surface area contributed by atoms with Crippen LogP contribution in [0, 0.1) is 18.8 Å². The van der Waals surface area contributed by atoms with Crippen LogP contribution in [0.5, 0.6) is 0 Å². The molecule has 2 aromatic rings. The van der Waals surface area contributed by atoms with E-state index in [4.69, 9.17) is 10.5 Å². The Balaban J connectivity index is 1.27. The highest BCUT2D eigenvalue weighted by molar-refractivity contribution is 5.94. The first kappa shape index (κ1) is 19.0. The van der Waals surface area contributed by atoms with E-state index in [1.54, 1.807) is 24.4 Å². The van der Waals surface area contributed by atoms with Crippen molar-refractivity contribution in [3.8, 4) is 0 Å². The largest absolute Gasteiger partial charge is 0.384 e. The minimum Gasteiger partial charge on any atom is -0.384 e. The maximum atomic E-state index is 13.0. The molecule has 0 aliphatic carbocycles. The second kappa shape index (κ2) is 7.05. The molecule has 0 saturated carbocycles. The number of pyridine rings is 2. The van der Waals surface area contributed by atoms with E-state index in [1.807, 2.05) is 17.9 Å². The van der Waals surface area contributed by atoms with E-state index < -0.39 is 0 Å². The molecule has 30 heavy (non-hydrogen) atoms. The van der Waals surface area contributed by atoms with E-state index in [2.05, 4.69) is 15.3 Å². The molecule has 0 radical (unpaired) electrons. The third kappa shape index (κ3) is 3.11. The van der Waals surface area contributed by atoms with Gasteiger partial charge in [-0.25, -0.2) is 4.98 Å². The van der Waals surface area contributed by atoms with Crippen LogP contribution in [-0.4, -0.2) is 58.0 Å². The lowest BCUT2D eigenvalue weighted by Gasteiger charge is -2.29. The molecular weight excluding hydrogens is 382 g/mol. The fraction of sp³-hybridized carbons (Fsp3) is 0.455. The number of nitrogens with two attached hydrogens (primary N) is 1. The van der Waals surface area contributed by atoms with Gasteiger partial charge >= 0.3 is 0 Å². The zero-order valence-electron chi connectivity index (χ0n) is 16.9. The molecule has 3 aliphatic rings. The van der Waals surface area contributed by atoms with E-state index >= 15 is 0 Å². The summed E-state index contributed by atoms with van der Waals surface area (Å²) in [5.74, 6) is 0.636. The Hall–Kier alpha value is -3.00. The molecule has 8 heteroatoms. The summed E-state index contributed by atoms with van der Waals surface area (Å²) in [4.78, 5) is 35.6. The lowest BCUT2D eigenvalue weighted by molar-refractivity contribution is 0.00316. The SMILES string of the molecule is Cc1ccc(C(=O)NC[C@H]2[C@H]3CN(C(=O)c4ccc(N)nc4)C[C@]34CC[C@H]2O4)cn1. The first-order valence-corrected chi connectivity index (χ1v) is 10.3. The van der Waals surface area contributed by atoms with Gasteiger partial charge in [0.05, 0.1) is 29.4 Å². The van der Waals surface area contributed by atoms with Crippen LogP contribution in [0.1, 0.15) is 39.3 Å². The van der Waals surface area contributed by atoms with Crippen LogP contribution in [-0.2, 0) is 4.74 Å². The van der Waals surface area contributed by atoms with Gasteiger partial charge in [-0.3, -0.25) is 14.6 Å². The fourth-order valence-electron chi connectivity index (χ4n) is 5.25. The molecule has 2 aromatic heterocycles. The van der Waals surface area contributed by atoms with Crippen molar-refractivity contribution in [2.45, 2.75) is 31.5 Å². The number of hydrogen-bond acceptors (Lipinski definition) is 6. The lowest BCUT2D eigenvalue weighted by atomic mass is 9.73. The molecular formula is C22H25N5O3. The van der Waals surface area contributed by atoms with Crippen molar-refractivity contribution in [3.63, 3.8) is 0 Å². The average molecular weight is 407 g/mol. The molecule has 2 amide bonds. The van der Waals surface area contributed by atoms with E-state index in [0.29, 0.717) is 36.6 Å². The van der Waals surface area contributed by atoms with Gasteiger partial charge in [0.15, 0.2) is 0 Å². The second-order valence-corrected chi connectivity index (χ2v) is 8.59. The Bertz CT molecular complexity index is 977. The van der Waals surface area contributed by atoms with Crippen LogP contribution >= 0.6 is 0 Å². The summed E-state index contributed by atoms with van der Waals surface area (Å²) < 4.78 is 6.39. The fourth-order valence-corrected chi connectivity index (χ4v) is 5.25. The van der Waals surface area contributed by atoms with Crippen LogP contribution in [0.15, 0.2) is 36.7 Å². The third-order valence-electron chi connectivity index (χ3n) is 6.78. The minimum atomic E-state index is -0.289. The Kier molecular flexibility index (Phi) is 4.47. The van der Waals surface area contributed by atoms with Crippen LogP contribution in [0.2, 0.25) is 0 Å². The Morgan fingerprint density at radius 2 is 2.03 bits per heavy atom. The van der Waals surface area contributed by atoms with Crippen LogP contribution in [0.3, 0.4) is 0 Å². The van der Waals surface area contributed by atoms with Gasteiger partial charge < -0.3 is 20.7 Å². The first-order chi connectivity index (χ1) is 14.4. The average Bonchev–Trinajstić information content (AvgIpc) is 3.41. The summed E-state index contributed by atoms with van der Waals surface area (Å²) in [5.41, 5.74) is 7.31. The Morgan fingerprint density at radius 3 is 2.77 bits per heavy atom. The van der Waals surface area contributed by atoms with Crippen molar-refractivity contribution >= 4 is 17.6 Å². The standard InChI is InChI=1S/C22H25N5O3/c1-13-2-3-14(8-24-13)20(28)26-10-16-17-11-27(12-22(17)7-6-18(16)30-22)21(29)15-4-5-19(23)25-9-15/h2-5,8-9,16-18H,6-7,10-12H2,1H3,(H2,23,25)(H,26,28)/t16-,17+,18+,22+/m0/s1. The van der Waals surface area contributed by atoms with Gasteiger partial charge in [0.25, 0.3) is 11.8 Å². The van der Waals surface area contributed by atoms with Crippen molar-refractivity contribution < 1.29 is 14.3 Å². The summed E-state index contributed by atoms with van der Waals surface area (Å²) in [6.45, 7) is 3.65. The van der Waals surface area contributed by atoms with Gasteiger partial charge in [-0.1, -0.05) is 0 Å². The van der Waals surface area contributed by atoms with Gasteiger partial charge in [0, 0.05) is 43.0 Å². The normalized spacial score (nSPS) is 29.1. The first-order valence-electron chi connectivity index (χ1n) is 10.3. The number of likely N-dealkylation sites (tertiary alicyclic amines) is 1. The lowest BCUT2D eigenvalue weighted by Crippen LogP contribution is -2.41. The maximum Gasteiger partial charge on any atom is 0.255 e. The van der Waals surface area contributed by atoms with Crippen molar-refractivity contribution in [2.75, 3.05) is 25.4 Å². The highest BCUT2D eigenvalue weighted by atomic mass is 16.5. The quantitative estimate of drug-likeness (QED) is 0.793. The summed E-state index contributed by atoms with van der Waals surface area (Å²) in [5, 5.41) is 3.05. The van der Waals surface area contributed by atoms with E-state index in [1.165, 1.54) is 6.20 Å². The monoisotopic (exact) mass is 407 g/mol. The summed E-state index contributed by atoms with van der Waals surface area (Å²) in [6, 6.07) is 6.97. The zero-order chi connectivity index (χ0) is 20.9. The highest BCUT2D eigenvalue weighted by Gasteiger charge is 2.63. The van der Waals surface area contributed by atoms with Gasteiger partial charge in [-0.05, 0) is 44.0 Å². The zero-order valence-corrected chi connectivity index (χ0v) is 16.9. The summed E-state index contributed by atoms with van der Waals surface area (Å²) >= 11 is 0. The van der Waals surface area contributed by atoms with Crippen molar-refractivity contribution in [1.82, 2.24) is 20.2 Å². The third-order valence-corrected chi connectivity index (χ3v) is 6.78. The van der Waals surface area contributed by atoms with E-state index in [9.17, 15) is 9.59 Å². The number of anilines is 1. The number of fused-ring (bicyclic) bond motifs is 1. The number of rotatable bonds is 4. The number of ether oxygens (including phenoxy) is 1. The number of amides is 2.